The molecule has 2 aliphatic rings. The van der Waals surface area contributed by atoms with Crippen LogP contribution in [0.3, 0.4) is 0 Å². The van der Waals surface area contributed by atoms with Crippen LogP contribution < -0.4 is 0 Å². The predicted molar refractivity (Wildman–Crippen MR) is 119 cm³/mol. The molecule has 160 valence electrons. The highest BCUT2D eigenvalue weighted by Gasteiger charge is 2.51. The monoisotopic (exact) mass is 416 g/mol. The van der Waals surface area contributed by atoms with E-state index in [4.69, 9.17) is 18.9 Å². The van der Waals surface area contributed by atoms with Gasteiger partial charge < -0.3 is 18.9 Å². The number of hydrogen-bond donors (Lipinski definition) is 0. The second kappa shape index (κ2) is 8.21. The molecule has 2 saturated heterocycles. The van der Waals surface area contributed by atoms with Crippen LogP contribution in [0.25, 0.3) is 0 Å². The van der Waals surface area contributed by atoms with E-state index in [1.807, 2.05) is 32.0 Å². The first-order valence-corrected chi connectivity index (χ1v) is 10.9. The molecule has 4 nitrogen and oxygen atoms in total. The summed E-state index contributed by atoms with van der Waals surface area (Å²) in [6, 6.07) is 31.1. The van der Waals surface area contributed by atoms with Crippen molar-refractivity contribution >= 4 is 0 Å². The Bertz CT molecular complexity index is 891. The summed E-state index contributed by atoms with van der Waals surface area (Å²) in [5.74, 6) is -0.591. The minimum absolute atomic E-state index is 0.0526. The van der Waals surface area contributed by atoms with Gasteiger partial charge in [-0.05, 0) is 30.5 Å². The Morgan fingerprint density at radius 2 is 1.26 bits per heavy atom. The van der Waals surface area contributed by atoms with Gasteiger partial charge in [-0.25, -0.2) is 0 Å². The molecule has 3 aromatic rings. The van der Waals surface area contributed by atoms with Crippen LogP contribution >= 0.6 is 0 Å². The lowest BCUT2D eigenvalue weighted by molar-refractivity contribution is -0.182. The minimum Gasteiger partial charge on any atom is -0.370 e. The zero-order valence-corrected chi connectivity index (χ0v) is 17.9. The highest BCUT2D eigenvalue weighted by molar-refractivity contribution is 5.47. The molecule has 0 N–H and O–H groups in total. The van der Waals surface area contributed by atoms with Gasteiger partial charge in [-0.2, -0.15) is 0 Å². The van der Waals surface area contributed by atoms with Crippen molar-refractivity contribution in [2.75, 3.05) is 13.2 Å². The maximum Gasteiger partial charge on any atom is 0.164 e. The topological polar surface area (TPSA) is 36.9 Å². The van der Waals surface area contributed by atoms with Gasteiger partial charge >= 0.3 is 0 Å². The molecular weight excluding hydrogens is 388 g/mol. The molecule has 2 fully saturated rings. The van der Waals surface area contributed by atoms with E-state index in [-0.39, 0.29) is 18.3 Å². The van der Waals surface area contributed by atoms with Crippen LogP contribution in [0, 0.1) is 0 Å². The molecule has 0 radical (unpaired) electrons. The van der Waals surface area contributed by atoms with Crippen LogP contribution in [0.15, 0.2) is 91.0 Å². The van der Waals surface area contributed by atoms with E-state index in [1.165, 1.54) is 0 Å². The van der Waals surface area contributed by atoms with Crippen LogP contribution in [-0.4, -0.2) is 37.3 Å². The van der Waals surface area contributed by atoms with Crippen molar-refractivity contribution in [2.45, 2.75) is 43.5 Å². The van der Waals surface area contributed by atoms with E-state index in [0.29, 0.717) is 13.2 Å². The quantitative estimate of drug-likeness (QED) is 0.535. The summed E-state index contributed by atoms with van der Waals surface area (Å²) in [5, 5.41) is 0. The van der Waals surface area contributed by atoms with Crippen LogP contribution in [-0.2, 0) is 24.5 Å². The normalized spacial score (nSPS) is 24.8. The molecule has 0 aromatic heterocycles. The Labute approximate surface area is 183 Å². The molecule has 0 aliphatic carbocycles. The molecule has 0 spiro atoms. The van der Waals surface area contributed by atoms with Gasteiger partial charge in [-0.15, -0.1) is 0 Å². The van der Waals surface area contributed by atoms with Crippen molar-refractivity contribution in [3.8, 4) is 0 Å². The number of fused-ring (bicyclic) bond motifs is 1. The molecule has 2 aliphatic heterocycles. The summed E-state index contributed by atoms with van der Waals surface area (Å²) in [4.78, 5) is 0. The van der Waals surface area contributed by atoms with Crippen LogP contribution in [0.2, 0.25) is 0 Å². The third kappa shape index (κ3) is 3.81. The molecule has 2 heterocycles. The van der Waals surface area contributed by atoms with Crippen molar-refractivity contribution < 1.29 is 18.9 Å². The van der Waals surface area contributed by atoms with Gasteiger partial charge in [0.1, 0.15) is 23.9 Å². The summed E-state index contributed by atoms with van der Waals surface area (Å²) in [6.45, 7) is 4.81. The van der Waals surface area contributed by atoms with Crippen molar-refractivity contribution in [1.29, 1.82) is 0 Å². The average molecular weight is 417 g/mol. The van der Waals surface area contributed by atoms with E-state index >= 15 is 0 Å². The number of benzene rings is 3. The van der Waals surface area contributed by atoms with Gasteiger partial charge in [0.15, 0.2) is 5.79 Å². The fourth-order valence-electron chi connectivity index (χ4n) is 4.74. The molecule has 0 saturated carbocycles. The fraction of sp³-hybridized carbons (Fsp3) is 0.333. The summed E-state index contributed by atoms with van der Waals surface area (Å²) in [7, 11) is 0. The van der Waals surface area contributed by atoms with E-state index in [2.05, 4.69) is 72.8 Å². The lowest BCUT2D eigenvalue weighted by Crippen LogP contribution is -2.39. The molecule has 4 heteroatoms. The van der Waals surface area contributed by atoms with Crippen molar-refractivity contribution in [1.82, 2.24) is 0 Å². The second-order valence-corrected chi connectivity index (χ2v) is 8.60. The number of hydrogen-bond acceptors (Lipinski definition) is 4. The largest absolute Gasteiger partial charge is 0.370 e. The van der Waals surface area contributed by atoms with Gasteiger partial charge in [0, 0.05) is 0 Å². The lowest BCUT2D eigenvalue weighted by Gasteiger charge is -2.37. The van der Waals surface area contributed by atoms with E-state index < -0.39 is 11.4 Å². The van der Waals surface area contributed by atoms with Crippen molar-refractivity contribution in [2.24, 2.45) is 0 Å². The Morgan fingerprint density at radius 1 is 0.774 bits per heavy atom. The highest BCUT2D eigenvalue weighted by Crippen LogP contribution is 2.42. The first-order chi connectivity index (χ1) is 15.1. The molecule has 0 bridgehead atoms. The SMILES string of the molecule is CC1(C)O[C@@H]2C(COC(c3ccccc3)(c3ccccc3)c3ccccc3)OC[C@H]2O1. The average Bonchev–Trinajstić information content (AvgIpc) is 3.31. The second-order valence-electron chi connectivity index (χ2n) is 8.60. The molecule has 31 heavy (non-hydrogen) atoms. The predicted octanol–water partition coefficient (Wildman–Crippen LogP) is 4.91. The van der Waals surface area contributed by atoms with Gasteiger partial charge in [0.25, 0.3) is 0 Å². The maximum atomic E-state index is 6.89. The van der Waals surface area contributed by atoms with E-state index in [9.17, 15) is 0 Å². The van der Waals surface area contributed by atoms with Gasteiger partial charge in [-0.3, -0.25) is 0 Å². The molecule has 3 aromatic carbocycles. The first kappa shape index (κ1) is 20.4. The Morgan fingerprint density at radius 3 is 1.74 bits per heavy atom. The summed E-state index contributed by atoms with van der Waals surface area (Å²) in [6.07, 6.45) is -0.375. The third-order valence-corrected chi connectivity index (χ3v) is 6.07. The van der Waals surface area contributed by atoms with E-state index in [0.717, 1.165) is 16.7 Å². The summed E-state index contributed by atoms with van der Waals surface area (Å²) < 4.78 is 25.1. The molecular formula is C27H28O4. The lowest BCUT2D eigenvalue weighted by atomic mass is 9.80. The Hall–Kier alpha value is -2.50. The number of ether oxygens (including phenoxy) is 4. The van der Waals surface area contributed by atoms with Crippen LogP contribution in [0.4, 0.5) is 0 Å². The summed E-state index contributed by atoms with van der Waals surface area (Å²) in [5.41, 5.74) is 2.46. The van der Waals surface area contributed by atoms with Crippen LogP contribution in [0.5, 0.6) is 0 Å². The molecule has 5 rings (SSSR count). The van der Waals surface area contributed by atoms with E-state index in [1.54, 1.807) is 0 Å². The van der Waals surface area contributed by atoms with Gasteiger partial charge in [-0.1, -0.05) is 91.0 Å². The van der Waals surface area contributed by atoms with Crippen molar-refractivity contribution in [3.05, 3.63) is 108 Å². The van der Waals surface area contributed by atoms with Gasteiger partial charge in [0.05, 0.1) is 13.2 Å². The highest BCUT2D eigenvalue weighted by atomic mass is 16.8. The van der Waals surface area contributed by atoms with Crippen molar-refractivity contribution in [3.63, 3.8) is 0 Å². The molecule has 1 unspecified atom stereocenters. The molecule has 3 atom stereocenters. The minimum atomic E-state index is -0.764. The fourth-order valence-corrected chi connectivity index (χ4v) is 4.74. The zero-order valence-electron chi connectivity index (χ0n) is 17.9. The Balaban J connectivity index is 1.55. The third-order valence-electron chi connectivity index (χ3n) is 6.07. The zero-order chi connectivity index (χ0) is 21.3. The Kier molecular flexibility index (Phi) is 5.40. The molecule has 0 amide bonds. The smallest absolute Gasteiger partial charge is 0.164 e. The van der Waals surface area contributed by atoms with Crippen LogP contribution in [0.1, 0.15) is 30.5 Å². The van der Waals surface area contributed by atoms with Gasteiger partial charge in [0.2, 0.25) is 0 Å². The standard InChI is InChI=1S/C27H28O4/c1-26(2)30-24-18-28-23(25(24)31-26)19-29-27(20-12-6-3-7-13-20,21-14-8-4-9-15-21)22-16-10-5-11-17-22/h3-17,23-25H,18-19H2,1-2H3/t23?,24-,25-/m1/s1. The first-order valence-electron chi connectivity index (χ1n) is 10.9. The maximum absolute atomic E-state index is 6.89. The summed E-state index contributed by atoms with van der Waals surface area (Å²) >= 11 is 0. The number of rotatable bonds is 6.